The van der Waals surface area contributed by atoms with Crippen LogP contribution >= 0.6 is 11.3 Å². The molecule has 0 unspecified atom stereocenters. The maximum Gasteiger partial charge on any atom is 0.287 e. The predicted molar refractivity (Wildman–Crippen MR) is 77.0 cm³/mol. The Hall–Kier alpha value is -2.15. The molecule has 1 aliphatic rings. The summed E-state index contributed by atoms with van der Waals surface area (Å²) in [5.41, 5.74) is 0.868. The molecule has 1 fully saturated rings. The van der Waals surface area contributed by atoms with Crippen LogP contribution in [0.5, 0.6) is 0 Å². The zero-order valence-corrected chi connectivity index (χ0v) is 12.1. The van der Waals surface area contributed by atoms with Crippen LogP contribution in [0.25, 0.3) is 0 Å². The number of nitrogens with zero attached hydrogens (tertiary/aromatic N) is 1. The molecule has 1 aliphatic carbocycles. The molecule has 7 heteroatoms. The lowest BCUT2D eigenvalue weighted by atomic mass is 10.4. The summed E-state index contributed by atoms with van der Waals surface area (Å²) in [6, 6.07) is 3.16. The van der Waals surface area contributed by atoms with Crippen molar-refractivity contribution in [2.24, 2.45) is 0 Å². The van der Waals surface area contributed by atoms with Crippen LogP contribution in [0.1, 0.15) is 40.0 Å². The lowest BCUT2D eigenvalue weighted by Crippen LogP contribution is -2.36. The van der Waals surface area contributed by atoms with Gasteiger partial charge in [-0.05, 0) is 25.0 Å². The minimum Gasteiger partial charge on any atom is -0.459 e. The zero-order chi connectivity index (χ0) is 14.7. The number of carbonyl (C=O) groups is 2. The van der Waals surface area contributed by atoms with Gasteiger partial charge >= 0.3 is 0 Å². The average Bonchev–Trinajstić information content (AvgIpc) is 3.02. The molecule has 1 saturated carbocycles. The van der Waals surface area contributed by atoms with Crippen molar-refractivity contribution in [1.82, 2.24) is 15.6 Å². The molecule has 2 N–H and O–H groups in total. The molecular weight excluding hydrogens is 290 g/mol. The Morgan fingerprint density at radius 1 is 1.38 bits per heavy atom. The molecule has 0 bridgehead atoms. The minimum atomic E-state index is -0.403. The normalized spacial score (nSPS) is 13.9. The van der Waals surface area contributed by atoms with Gasteiger partial charge in [0.2, 0.25) is 5.91 Å². The molecule has 0 aliphatic heterocycles. The highest BCUT2D eigenvalue weighted by Gasteiger charge is 2.26. The molecule has 0 spiro atoms. The number of amides is 2. The van der Waals surface area contributed by atoms with Crippen LogP contribution in [0.4, 0.5) is 0 Å². The molecule has 6 nitrogen and oxygen atoms in total. The Kier molecular flexibility index (Phi) is 4.01. The number of carbonyl (C=O) groups excluding carboxylic acids is 2. The van der Waals surface area contributed by atoms with Gasteiger partial charge in [0.1, 0.15) is 0 Å². The summed E-state index contributed by atoms with van der Waals surface area (Å²) >= 11 is 1.64. The quantitative estimate of drug-likeness (QED) is 0.850. The van der Waals surface area contributed by atoms with Gasteiger partial charge < -0.3 is 15.1 Å². The number of aromatic nitrogens is 1. The first-order chi connectivity index (χ1) is 10.2. The number of rotatable bonds is 6. The molecule has 0 atom stereocenters. The van der Waals surface area contributed by atoms with E-state index < -0.39 is 5.91 Å². The molecule has 2 aromatic rings. The molecule has 110 valence electrons. The molecule has 2 aromatic heterocycles. The Morgan fingerprint density at radius 2 is 2.24 bits per heavy atom. The highest BCUT2D eigenvalue weighted by molar-refractivity contribution is 7.09. The van der Waals surface area contributed by atoms with Crippen LogP contribution in [-0.4, -0.2) is 23.3 Å². The van der Waals surface area contributed by atoms with E-state index in [0.29, 0.717) is 12.5 Å². The monoisotopic (exact) mass is 305 g/mol. The first-order valence-electron chi connectivity index (χ1n) is 6.75. The first-order valence-corrected chi connectivity index (χ1v) is 7.63. The smallest absolute Gasteiger partial charge is 0.287 e. The third-order valence-corrected chi connectivity index (χ3v) is 4.17. The Morgan fingerprint density at radius 3 is 2.95 bits per heavy atom. The molecule has 0 saturated heterocycles. The average molecular weight is 305 g/mol. The van der Waals surface area contributed by atoms with Crippen molar-refractivity contribution in [3.05, 3.63) is 40.2 Å². The van der Waals surface area contributed by atoms with Gasteiger partial charge in [0.15, 0.2) is 5.76 Å². The Balaban J connectivity index is 1.40. The highest BCUT2D eigenvalue weighted by atomic mass is 32.1. The minimum absolute atomic E-state index is 0.0842. The third-order valence-electron chi connectivity index (χ3n) is 3.12. The van der Waals surface area contributed by atoms with Crippen molar-refractivity contribution in [2.75, 3.05) is 6.54 Å². The summed E-state index contributed by atoms with van der Waals surface area (Å²) in [6.07, 6.45) is 3.85. The Bertz CT molecular complexity index is 632. The lowest BCUT2D eigenvalue weighted by Gasteiger charge is -2.04. The van der Waals surface area contributed by atoms with E-state index in [-0.39, 0.29) is 18.2 Å². The molecule has 0 radical (unpaired) electrons. The zero-order valence-electron chi connectivity index (χ0n) is 11.3. The van der Waals surface area contributed by atoms with Crippen molar-refractivity contribution in [2.45, 2.75) is 25.3 Å². The number of furan rings is 1. The van der Waals surface area contributed by atoms with Gasteiger partial charge in [0, 0.05) is 11.3 Å². The summed E-state index contributed by atoms with van der Waals surface area (Å²) in [5, 5.41) is 8.35. The fourth-order valence-corrected chi connectivity index (χ4v) is 2.82. The van der Waals surface area contributed by atoms with Crippen LogP contribution in [-0.2, 0) is 11.3 Å². The summed E-state index contributed by atoms with van der Waals surface area (Å²) in [7, 11) is 0. The van der Waals surface area contributed by atoms with Gasteiger partial charge in [0.25, 0.3) is 5.91 Å². The van der Waals surface area contributed by atoms with E-state index in [0.717, 1.165) is 10.7 Å². The maximum atomic E-state index is 11.7. The van der Waals surface area contributed by atoms with E-state index in [1.807, 2.05) is 5.38 Å². The standard InChI is InChI=1S/C14H15N3O3S/c18-12(7-16-13(19)11-2-1-5-20-11)15-6-10-8-21-14(17-10)9-3-4-9/h1-2,5,8-9H,3-4,6-7H2,(H,15,18)(H,16,19). The van der Waals surface area contributed by atoms with Crippen molar-refractivity contribution in [3.8, 4) is 0 Å². The van der Waals surface area contributed by atoms with E-state index in [1.54, 1.807) is 23.5 Å². The fourth-order valence-electron chi connectivity index (χ4n) is 1.83. The van der Waals surface area contributed by atoms with Gasteiger partial charge in [0.05, 0.1) is 30.1 Å². The van der Waals surface area contributed by atoms with Crippen LogP contribution in [0, 0.1) is 0 Å². The summed E-state index contributed by atoms with van der Waals surface area (Å²) in [5.74, 6) is 0.166. The van der Waals surface area contributed by atoms with Gasteiger partial charge in [-0.2, -0.15) is 0 Å². The predicted octanol–water partition coefficient (Wildman–Crippen LogP) is 1.66. The Labute approximate surface area is 125 Å². The van der Waals surface area contributed by atoms with E-state index in [4.69, 9.17) is 4.42 Å². The van der Waals surface area contributed by atoms with Gasteiger partial charge in [-0.3, -0.25) is 9.59 Å². The second-order valence-electron chi connectivity index (χ2n) is 4.89. The van der Waals surface area contributed by atoms with Crippen molar-refractivity contribution < 1.29 is 14.0 Å². The molecule has 2 amide bonds. The molecule has 0 aromatic carbocycles. The van der Waals surface area contributed by atoms with Crippen molar-refractivity contribution in [3.63, 3.8) is 0 Å². The van der Waals surface area contributed by atoms with Gasteiger partial charge in [-0.15, -0.1) is 11.3 Å². The fraction of sp³-hybridized carbons (Fsp3) is 0.357. The van der Waals surface area contributed by atoms with E-state index in [9.17, 15) is 9.59 Å². The summed E-state index contributed by atoms with van der Waals surface area (Å²) in [4.78, 5) is 27.7. The largest absolute Gasteiger partial charge is 0.459 e. The number of hydrogen-bond donors (Lipinski definition) is 2. The van der Waals surface area contributed by atoms with E-state index in [1.165, 1.54) is 19.1 Å². The maximum absolute atomic E-state index is 11.7. The molecule has 21 heavy (non-hydrogen) atoms. The topological polar surface area (TPSA) is 84.2 Å². The molecule has 3 rings (SSSR count). The third kappa shape index (κ3) is 3.69. The van der Waals surface area contributed by atoms with Crippen molar-refractivity contribution in [1.29, 1.82) is 0 Å². The van der Waals surface area contributed by atoms with E-state index >= 15 is 0 Å². The summed E-state index contributed by atoms with van der Waals surface area (Å²) < 4.78 is 4.94. The first kappa shape index (κ1) is 13.8. The highest BCUT2D eigenvalue weighted by Crippen LogP contribution is 2.41. The van der Waals surface area contributed by atoms with Gasteiger partial charge in [-0.1, -0.05) is 0 Å². The second kappa shape index (κ2) is 6.09. The SMILES string of the molecule is O=C(CNC(=O)c1ccco1)NCc1csc(C2CC2)n1. The summed E-state index contributed by atoms with van der Waals surface area (Å²) in [6.45, 7) is 0.303. The molecular formula is C14H15N3O3S. The number of nitrogens with one attached hydrogen (secondary N) is 2. The number of thiazole rings is 1. The van der Waals surface area contributed by atoms with Crippen LogP contribution < -0.4 is 10.6 Å². The van der Waals surface area contributed by atoms with Crippen LogP contribution in [0.2, 0.25) is 0 Å². The molecule has 2 heterocycles. The van der Waals surface area contributed by atoms with E-state index in [2.05, 4.69) is 15.6 Å². The number of hydrogen-bond acceptors (Lipinski definition) is 5. The van der Waals surface area contributed by atoms with Gasteiger partial charge in [-0.25, -0.2) is 4.98 Å². The van der Waals surface area contributed by atoms with Crippen LogP contribution in [0.3, 0.4) is 0 Å². The van der Waals surface area contributed by atoms with Crippen LogP contribution in [0.15, 0.2) is 28.2 Å². The second-order valence-corrected chi connectivity index (χ2v) is 5.78. The van der Waals surface area contributed by atoms with Crippen molar-refractivity contribution >= 4 is 23.2 Å². The lowest BCUT2D eigenvalue weighted by molar-refractivity contribution is -0.120.